The summed E-state index contributed by atoms with van der Waals surface area (Å²) in [4.78, 5) is 24.4. The highest BCUT2D eigenvalue weighted by atomic mass is 32.2. The minimum absolute atomic E-state index is 0.191. The van der Waals surface area contributed by atoms with E-state index in [0.29, 0.717) is 30.2 Å². The molecule has 1 aliphatic rings. The SMILES string of the molecule is O=C(Nc1cccc(C(=O)NCc2ccccc2)c1)C1=CSCCO1. The van der Waals surface area contributed by atoms with Crippen molar-refractivity contribution in [3.63, 3.8) is 0 Å². The lowest BCUT2D eigenvalue weighted by Crippen LogP contribution is -2.23. The number of rotatable bonds is 5. The normalized spacial score (nSPS) is 13.4. The van der Waals surface area contributed by atoms with Gasteiger partial charge in [-0.1, -0.05) is 36.4 Å². The molecule has 0 spiro atoms. The summed E-state index contributed by atoms with van der Waals surface area (Å²) in [6.45, 7) is 0.972. The van der Waals surface area contributed by atoms with Gasteiger partial charge in [0.15, 0.2) is 5.76 Å². The third kappa shape index (κ3) is 4.87. The number of hydrogen-bond acceptors (Lipinski definition) is 4. The summed E-state index contributed by atoms with van der Waals surface area (Å²) in [7, 11) is 0. The van der Waals surface area contributed by atoms with E-state index in [1.54, 1.807) is 41.4 Å². The Balaban J connectivity index is 1.61. The summed E-state index contributed by atoms with van der Waals surface area (Å²) < 4.78 is 5.33. The number of amides is 2. The van der Waals surface area contributed by atoms with Gasteiger partial charge in [-0.15, -0.1) is 11.8 Å². The van der Waals surface area contributed by atoms with E-state index in [-0.39, 0.29) is 11.8 Å². The second-order valence-corrected chi connectivity index (χ2v) is 6.38. The molecule has 0 aliphatic carbocycles. The second-order valence-electron chi connectivity index (χ2n) is 5.40. The molecule has 5 nitrogen and oxygen atoms in total. The van der Waals surface area contributed by atoms with Gasteiger partial charge in [0.25, 0.3) is 11.8 Å². The lowest BCUT2D eigenvalue weighted by Gasteiger charge is -2.14. The van der Waals surface area contributed by atoms with Crippen LogP contribution in [0.15, 0.2) is 65.8 Å². The molecule has 0 saturated carbocycles. The van der Waals surface area contributed by atoms with Crippen molar-refractivity contribution in [2.24, 2.45) is 0 Å². The molecule has 0 fully saturated rings. The van der Waals surface area contributed by atoms with Crippen LogP contribution in [0, 0.1) is 0 Å². The van der Waals surface area contributed by atoms with E-state index >= 15 is 0 Å². The molecule has 0 unspecified atom stereocenters. The number of anilines is 1. The standard InChI is InChI=1S/C19H18N2O3S/c22-18(20-12-14-5-2-1-3-6-14)15-7-4-8-16(11-15)21-19(23)17-13-25-10-9-24-17/h1-8,11,13H,9-10,12H2,(H,20,22)(H,21,23). The summed E-state index contributed by atoms with van der Waals surface area (Å²) in [6.07, 6.45) is 0. The number of hydrogen-bond donors (Lipinski definition) is 2. The first-order chi connectivity index (χ1) is 12.2. The molecular weight excluding hydrogens is 336 g/mol. The smallest absolute Gasteiger partial charge is 0.291 e. The van der Waals surface area contributed by atoms with Crippen molar-refractivity contribution in [1.29, 1.82) is 0 Å². The Morgan fingerprint density at radius 1 is 1.04 bits per heavy atom. The van der Waals surface area contributed by atoms with Gasteiger partial charge in [-0.05, 0) is 23.8 Å². The number of ether oxygens (including phenoxy) is 1. The van der Waals surface area contributed by atoms with Gasteiger partial charge in [-0.3, -0.25) is 9.59 Å². The third-order valence-electron chi connectivity index (χ3n) is 3.55. The Labute approximate surface area is 150 Å². The Hall–Kier alpha value is -2.73. The Bertz CT molecular complexity index is 790. The van der Waals surface area contributed by atoms with Crippen molar-refractivity contribution < 1.29 is 14.3 Å². The average molecular weight is 354 g/mol. The Kier molecular flexibility index (Phi) is 5.74. The van der Waals surface area contributed by atoms with Crippen molar-refractivity contribution in [2.45, 2.75) is 6.54 Å². The maximum atomic E-state index is 12.3. The zero-order valence-corrected chi connectivity index (χ0v) is 14.3. The van der Waals surface area contributed by atoms with Gasteiger partial charge in [0.05, 0.1) is 6.61 Å². The maximum absolute atomic E-state index is 12.3. The van der Waals surface area contributed by atoms with Crippen LogP contribution < -0.4 is 10.6 Å². The van der Waals surface area contributed by atoms with E-state index in [0.717, 1.165) is 11.3 Å². The van der Waals surface area contributed by atoms with Crippen molar-refractivity contribution in [1.82, 2.24) is 5.32 Å². The molecule has 0 aromatic heterocycles. The van der Waals surface area contributed by atoms with Gasteiger partial charge in [-0.2, -0.15) is 0 Å². The van der Waals surface area contributed by atoms with Gasteiger partial charge in [0.1, 0.15) is 0 Å². The van der Waals surface area contributed by atoms with Crippen molar-refractivity contribution >= 4 is 29.3 Å². The highest BCUT2D eigenvalue weighted by molar-refractivity contribution is 8.02. The van der Waals surface area contributed by atoms with Gasteiger partial charge >= 0.3 is 0 Å². The van der Waals surface area contributed by atoms with Crippen LogP contribution in [0.3, 0.4) is 0 Å². The third-order valence-corrected chi connectivity index (χ3v) is 4.33. The molecule has 128 valence electrons. The van der Waals surface area contributed by atoms with Crippen molar-refractivity contribution in [2.75, 3.05) is 17.7 Å². The van der Waals surface area contributed by atoms with Crippen molar-refractivity contribution in [3.8, 4) is 0 Å². The van der Waals surface area contributed by atoms with Crippen LogP contribution in [0.25, 0.3) is 0 Å². The molecule has 2 N–H and O–H groups in total. The number of carbonyl (C=O) groups is 2. The largest absolute Gasteiger partial charge is 0.487 e. The number of carbonyl (C=O) groups excluding carboxylic acids is 2. The number of thioether (sulfide) groups is 1. The Morgan fingerprint density at radius 2 is 1.88 bits per heavy atom. The lowest BCUT2D eigenvalue weighted by atomic mass is 10.1. The van der Waals surface area contributed by atoms with Crippen LogP contribution in [-0.4, -0.2) is 24.2 Å². The first kappa shape index (κ1) is 17.1. The minimum Gasteiger partial charge on any atom is -0.487 e. The predicted molar refractivity (Wildman–Crippen MR) is 99.2 cm³/mol. The fourth-order valence-corrected chi connectivity index (χ4v) is 2.92. The molecule has 0 radical (unpaired) electrons. The van der Waals surface area contributed by atoms with Crippen LogP contribution in [-0.2, 0) is 16.1 Å². The summed E-state index contributed by atoms with van der Waals surface area (Å²) in [5, 5.41) is 7.33. The zero-order valence-electron chi connectivity index (χ0n) is 13.5. The second kappa shape index (κ2) is 8.39. The van der Waals surface area contributed by atoms with Crippen molar-refractivity contribution in [3.05, 3.63) is 76.9 Å². The fraction of sp³-hybridized carbons (Fsp3) is 0.158. The molecule has 1 heterocycles. The van der Waals surface area contributed by atoms with E-state index in [1.807, 2.05) is 30.3 Å². The molecule has 1 aliphatic heterocycles. The molecule has 2 amide bonds. The predicted octanol–water partition coefficient (Wildman–Crippen LogP) is 3.16. The van der Waals surface area contributed by atoms with Gasteiger partial charge in [0.2, 0.25) is 0 Å². The topological polar surface area (TPSA) is 67.4 Å². The average Bonchev–Trinajstić information content (AvgIpc) is 2.68. The highest BCUT2D eigenvalue weighted by Crippen LogP contribution is 2.18. The quantitative estimate of drug-likeness (QED) is 0.865. The van der Waals surface area contributed by atoms with E-state index in [1.165, 1.54) is 0 Å². The van der Waals surface area contributed by atoms with Crippen LogP contribution >= 0.6 is 11.8 Å². The highest BCUT2D eigenvalue weighted by Gasteiger charge is 2.15. The van der Waals surface area contributed by atoms with E-state index in [4.69, 9.17) is 4.74 Å². The van der Waals surface area contributed by atoms with E-state index in [2.05, 4.69) is 10.6 Å². The summed E-state index contributed by atoms with van der Waals surface area (Å²) in [5.74, 6) is 0.640. The molecule has 0 atom stereocenters. The first-order valence-corrected chi connectivity index (χ1v) is 8.95. The molecule has 2 aromatic rings. The summed E-state index contributed by atoms with van der Waals surface area (Å²) in [6, 6.07) is 16.5. The van der Waals surface area contributed by atoms with Crippen LogP contribution in [0.4, 0.5) is 5.69 Å². The van der Waals surface area contributed by atoms with Gasteiger partial charge in [0, 0.05) is 29.0 Å². The van der Waals surface area contributed by atoms with Gasteiger partial charge in [-0.25, -0.2) is 0 Å². The fourth-order valence-electron chi connectivity index (χ4n) is 2.30. The zero-order chi connectivity index (χ0) is 17.5. The van der Waals surface area contributed by atoms with Crippen LogP contribution in [0.2, 0.25) is 0 Å². The Morgan fingerprint density at radius 3 is 2.64 bits per heavy atom. The lowest BCUT2D eigenvalue weighted by molar-refractivity contribution is -0.116. The van der Waals surface area contributed by atoms with Crippen LogP contribution in [0.1, 0.15) is 15.9 Å². The van der Waals surface area contributed by atoms with E-state index in [9.17, 15) is 9.59 Å². The molecular formula is C19H18N2O3S. The molecule has 2 aromatic carbocycles. The molecule has 25 heavy (non-hydrogen) atoms. The summed E-state index contributed by atoms with van der Waals surface area (Å²) in [5.41, 5.74) is 2.07. The molecule has 3 rings (SSSR count). The number of nitrogens with one attached hydrogen (secondary N) is 2. The molecule has 0 bridgehead atoms. The first-order valence-electron chi connectivity index (χ1n) is 7.90. The molecule has 6 heteroatoms. The van der Waals surface area contributed by atoms with Crippen LogP contribution in [0.5, 0.6) is 0 Å². The van der Waals surface area contributed by atoms with Gasteiger partial charge < -0.3 is 15.4 Å². The summed E-state index contributed by atoms with van der Waals surface area (Å²) >= 11 is 1.54. The minimum atomic E-state index is -0.311. The number of benzene rings is 2. The van der Waals surface area contributed by atoms with E-state index < -0.39 is 0 Å². The monoisotopic (exact) mass is 354 g/mol. The molecule has 0 saturated heterocycles. The maximum Gasteiger partial charge on any atom is 0.291 e.